The highest BCUT2D eigenvalue weighted by Crippen LogP contribution is 2.21. The summed E-state index contributed by atoms with van der Waals surface area (Å²) < 4.78 is 5.59. The van der Waals surface area contributed by atoms with Gasteiger partial charge in [0, 0.05) is 18.7 Å². The van der Waals surface area contributed by atoms with Gasteiger partial charge in [0.05, 0.1) is 17.2 Å². The Morgan fingerprint density at radius 3 is 2.26 bits per heavy atom. The summed E-state index contributed by atoms with van der Waals surface area (Å²) in [7, 11) is 1.81. The lowest BCUT2D eigenvalue weighted by atomic mass is 10.2. The number of non-ortho nitro benzene ring substituents is 1. The Morgan fingerprint density at radius 1 is 1.10 bits per heavy atom. The van der Waals surface area contributed by atoms with Crippen molar-refractivity contribution in [1.29, 1.82) is 0 Å². The second kappa shape index (κ2) is 12.5. The minimum atomic E-state index is -1.82. The molecule has 0 bridgehead atoms. The van der Waals surface area contributed by atoms with Gasteiger partial charge in [0.1, 0.15) is 12.4 Å². The first-order valence-corrected chi connectivity index (χ1v) is 8.97. The lowest BCUT2D eigenvalue weighted by molar-refractivity contribution is -0.384. The van der Waals surface area contributed by atoms with E-state index in [0.717, 1.165) is 11.3 Å². The standard InChI is InChI=1S/C18H21N3O4.C2H2O4/c1-14-8-9-15(21(23)24)12-17(14)19-18(22)13-20(2)10-11-25-16-6-4-3-5-7-16;3-1(4)2(5)6/h3-9,12H,10-11,13H2,1-2H3,(H,19,22);(H,3,4)(H,5,6). The molecule has 31 heavy (non-hydrogen) atoms. The topological polar surface area (TPSA) is 159 Å². The summed E-state index contributed by atoms with van der Waals surface area (Å²) in [6.07, 6.45) is 0. The summed E-state index contributed by atoms with van der Waals surface area (Å²) in [5.74, 6) is -3.09. The van der Waals surface area contributed by atoms with Crippen LogP contribution >= 0.6 is 0 Å². The summed E-state index contributed by atoms with van der Waals surface area (Å²) in [6.45, 7) is 3.00. The molecule has 2 rings (SSSR count). The number of nitrogens with zero attached hydrogens (tertiary/aromatic N) is 2. The number of ether oxygens (including phenoxy) is 1. The largest absolute Gasteiger partial charge is 0.492 e. The third-order valence-electron chi connectivity index (χ3n) is 3.79. The number of nitrogens with one attached hydrogen (secondary N) is 1. The first-order valence-electron chi connectivity index (χ1n) is 8.97. The molecule has 0 fully saturated rings. The summed E-state index contributed by atoms with van der Waals surface area (Å²) >= 11 is 0. The molecule has 0 unspecified atom stereocenters. The van der Waals surface area contributed by atoms with Crippen LogP contribution in [0, 0.1) is 17.0 Å². The van der Waals surface area contributed by atoms with Crippen LogP contribution in [0.5, 0.6) is 5.75 Å². The minimum absolute atomic E-state index is 0.0504. The van der Waals surface area contributed by atoms with Crippen molar-refractivity contribution in [1.82, 2.24) is 4.90 Å². The number of aliphatic carboxylic acids is 2. The number of nitro benzene ring substituents is 1. The Kier molecular flexibility index (Phi) is 10.1. The highest BCUT2D eigenvalue weighted by Gasteiger charge is 2.12. The second-order valence-electron chi connectivity index (χ2n) is 6.31. The van der Waals surface area contributed by atoms with Gasteiger partial charge in [-0.15, -0.1) is 0 Å². The summed E-state index contributed by atoms with van der Waals surface area (Å²) in [5.41, 5.74) is 1.17. The monoisotopic (exact) mass is 433 g/mol. The van der Waals surface area contributed by atoms with Gasteiger partial charge in [-0.2, -0.15) is 0 Å². The number of aryl methyl sites for hydroxylation is 1. The van der Waals surface area contributed by atoms with E-state index in [2.05, 4.69) is 5.32 Å². The number of nitro groups is 1. The van der Waals surface area contributed by atoms with Crippen LogP contribution in [0.2, 0.25) is 0 Å². The van der Waals surface area contributed by atoms with Gasteiger partial charge in [-0.3, -0.25) is 19.8 Å². The zero-order valence-corrected chi connectivity index (χ0v) is 17.0. The van der Waals surface area contributed by atoms with E-state index in [1.807, 2.05) is 42.3 Å². The molecule has 0 spiro atoms. The molecule has 2 aromatic carbocycles. The smallest absolute Gasteiger partial charge is 0.414 e. The number of anilines is 1. The average molecular weight is 433 g/mol. The van der Waals surface area contributed by atoms with Crippen molar-refractivity contribution in [2.75, 3.05) is 32.1 Å². The minimum Gasteiger partial charge on any atom is -0.492 e. The van der Waals surface area contributed by atoms with Crippen molar-refractivity contribution in [3.8, 4) is 5.75 Å². The predicted molar refractivity (Wildman–Crippen MR) is 111 cm³/mol. The van der Waals surface area contributed by atoms with Crippen LogP contribution in [-0.4, -0.2) is 64.6 Å². The number of rotatable bonds is 8. The highest BCUT2D eigenvalue weighted by molar-refractivity contribution is 6.27. The van der Waals surface area contributed by atoms with Crippen LogP contribution in [0.4, 0.5) is 11.4 Å². The van der Waals surface area contributed by atoms with Crippen molar-refractivity contribution in [2.24, 2.45) is 0 Å². The molecule has 3 N–H and O–H groups in total. The maximum Gasteiger partial charge on any atom is 0.414 e. The highest BCUT2D eigenvalue weighted by atomic mass is 16.6. The van der Waals surface area contributed by atoms with Crippen LogP contribution in [0.1, 0.15) is 5.56 Å². The number of likely N-dealkylation sites (N-methyl/N-ethyl adjacent to an activating group) is 1. The molecule has 11 nitrogen and oxygen atoms in total. The number of hydrogen-bond donors (Lipinski definition) is 3. The molecular formula is C20H23N3O8. The maximum atomic E-state index is 12.1. The fourth-order valence-corrected chi connectivity index (χ4v) is 2.21. The molecule has 0 aliphatic heterocycles. The summed E-state index contributed by atoms with van der Waals surface area (Å²) in [5, 5.41) is 28.3. The fraction of sp³-hybridized carbons (Fsp3) is 0.250. The number of carbonyl (C=O) groups is 3. The first kappa shape index (κ1) is 25.0. The van der Waals surface area contributed by atoms with Crippen LogP contribution in [0.3, 0.4) is 0 Å². The zero-order chi connectivity index (χ0) is 23.4. The van der Waals surface area contributed by atoms with E-state index in [1.165, 1.54) is 12.1 Å². The SMILES string of the molecule is Cc1ccc([N+](=O)[O-])cc1NC(=O)CN(C)CCOc1ccccc1.O=C(O)C(=O)O. The molecule has 0 aliphatic rings. The number of para-hydroxylation sites is 1. The van der Waals surface area contributed by atoms with E-state index in [0.29, 0.717) is 18.8 Å². The molecule has 0 aliphatic carbocycles. The summed E-state index contributed by atoms with van der Waals surface area (Å²) in [4.78, 5) is 42.5. The van der Waals surface area contributed by atoms with E-state index in [4.69, 9.17) is 24.5 Å². The molecule has 11 heteroatoms. The molecule has 0 aromatic heterocycles. The van der Waals surface area contributed by atoms with Gasteiger partial charge in [-0.25, -0.2) is 9.59 Å². The number of benzene rings is 2. The van der Waals surface area contributed by atoms with E-state index in [-0.39, 0.29) is 18.1 Å². The number of carboxylic acid groups (broad SMARTS) is 2. The number of carboxylic acids is 2. The maximum absolute atomic E-state index is 12.1. The van der Waals surface area contributed by atoms with Gasteiger partial charge in [0.25, 0.3) is 5.69 Å². The number of hydrogen-bond acceptors (Lipinski definition) is 7. The van der Waals surface area contributed by atoms with E-state index >= 15 is 0 Å². The van der Waals surface area contributed by atoms with Crippen LogP contribution in [0.25, 0.3) is 0 Å². The van der Waals surface area contributed by atoms with Crippen molar-refractivity contribution in [2.45, 2.75) is 6.92 Å². The molecule has 0 saturated carbocycles. The van der Waals surface area contributed by atoms with E-state index < -0.39 is 16.9 Å². The number of carbonyl (C=O) groups excluding carboxylic acids is 1. The van der Waals surface area contributed by atoms with Crippen LogP contribution < -0.4 is 10.1 Å². The zero-order valence-electron chi connectivity index (χ0n) is 17.0. The molecule has 2 aromatic rings. The predicted octanol–water partition coefficient (Wildman–Crippen LogP) is 2.01. The van der Waals surface area contributed by atoms with Gasteiger partial charge in [-0.1, -0.05) is 24.3 Å². The Bertz CT molecular complexity index is 906. The molecule has 0 radical (unpaired) electrons. The fourth-order valence-electron chi connectivity index (χ4n) is 2.21. The third kappa shape index (κ3) is 9.85. The van der Waals surface area contributed by atoms with Gasteiger partial charge in [0.2, 0.25) is 5.91 Å². The van der Waals surface area contributed by atoms with Crippen molar-refractivity contribution in [3.63, 3.8) is 0 Å². The molecular weight excluding hydrogens is 410 g/mol. The summed E-state index contributed by atoms with van der Waals surface area (Å²) in [6, 6.07) is 13.9. The van der Waals surface area contributed by atoms with Crippen molar-refractivity contribution in [3.05, 3.63) is 64.2 Å². The molecule has 1 amide bonds. The Morgan fingerprint density at radius 2 is 1.71 bits per heavy atom. The molecule has 0 atom stereocenters. The normalized spacial score (nSPS) is 9.90. The molecule has 166 valence electrons. The van der Waals surface area contributed by atoms with E-state index in [9.17, 15) is 14.9 Å². The Hall–Kier alpha value is -3.99. The lowest BCUT2D eigenvalue weighted by Gasteiger charge is -2.17. The third-order valence-corrected chi connectivity index (χ3v) is 3.79. The number of amides is 1. The van der Waals surface area contributed by atoms with Gasteiger partial charge >= 0.3 is 11.9 Å². The molecule has 0 heterocycles. The van der Waals surface area contributed by atoms with Crippen molar-refractivity contribution < 1.29 is 34.3 Å². The molecule has 0 saturated heterocycles. The van der Waals surface area contributed by atoms with Crippen LogP contribution in [-0.2, 0) is 14.4 Å². The van der Waals surface area contributed by atoms with Gasteiger partial charge < -0.3 is 20.3 Å². The van der Waals surface area contributed by atoms with Gasteiger partial charge in [-0.05, 0) is 31.7 Å². The Balaban J connectivity index is 0.000000703. The van der Waals surface area contributed by atoms with Crippen molar-refractivity contribution >= 4 is 29.2 Å². The Labute approximate surface area is 178 Å². The van der Waals surface area contributed by atoms with Crippen LogP contribution in [0.15, 0.2) is 48.5 Å². The van der Waals surface area contributed by atoms with E-state index in [1.54, 1.807) is 13.0 Å². The first-order chi connectivity index (χ1) is 14.6. The lowest BCUT2D eigenvalue weighted by Crippen LogP contribution is -2.33. The second-order valence-corrected chi connectivity index (χ2v) is 6.31. The average Bonchev–Trinajstić information content (AvgIpc) is 2.70. The van der Waals surface area contributed by atoms with Gasteiger partial charge in [0.15, 0.2) is 0 Å². The quantitative estimate of drug-likeness (QED) is 0.321.